The molecule has 1 aliphatic heterocycles. The van der Waals surface area contributed by atoms with E-state index >= 15 is 0 Å². The Balaban J connectivity index is 0.00000121. The van der Waals surface area contributed by atoms with Gasteiger partial charge in [0.1, 0.15) is 0 Å². The smallest absolute Gasteiger partial charge is 0.221 e. The van der Waals surface area contributed by atoms with Crippen LogP contribution in [0.3, 0.4) is 0 Å². The molecule has 0 aromatic heterocycles. The van der Waals surface area contributed by atoms with Gasteiger partial charge in [-0.2, -0.15) is 0 Å². The van der Waals surface area contributed by atoms with E-state index in [-0.39, 0.29) is 30.4 Å². The monoisotopic (exact) mass is 192 g/mol. The minimum Gasteiger partial charge on any atom is -0.352 e. The standard InChI is InChI=1S/C8H16N2O.ClH/c1-5(2)3-7-6(9)4-8(11)10-7;/h5-7H,3-4,9H2,1-2H3,(H,10,11);1H/t6-,7+;/m1./s1. The number of nitrogens with one attached hydrogen (secondary N) is 1. The second kappa shape index (κ2) is 4.67. The van der Waals surface area contributed by atoms with Gasteiger partial charge in [-0.05, 0) is 12.3 Å². The Kier molecular flexibility index (Phi) is 4.57. The maximum Gasteiger partial charge on any atom is 0.221 e. The van der Waals surface area contributed by atoms with Crippen LogP contribution < -0.4 is 11.1 Å². The molecular weight excluding hydrogens is 176 g/mol. The first-order valence-corrected chi connectivity index (χ1v) is 4.14. The maximum atomic E-state index is 10.9. The summed E-state index contributed by atoms with van der Waals surface area (Å²) in [6, 6.07) is 0.243. The molecule has 3 N–H and O–H groups in total. The van der Waals surface area contributed by atoms with Crippen molar-refractivity contribution in [3.05, 3.63) is 0 Å². The van der Waals surface area contributed by atoms with Crippen LogP contribution in [0, 0.1) is 5.92 Å². The largest absolute Gasteiger partial charge is 0.352 e. The zero-order valence-corrected chi connectivity index (χ0v) is 8.36. The number of carbonyl (C=O) groups is 1. The molecule has 1 fully saturated rings. The number of carbonyl (C=O) groups excluding carboxylic acids is 1. The first-order valence-electron chi connectivity index (χ1n) is 4.14. The molecule has 4 heteroatoms. The Morgan fingerprint density at radius 1 is 1.67 bits per heavy atom. The summed E-state index contributed by atoms with van der Waals surface area (Å²) in [5, 5.41) is 2.87. The van der Waals surface area contributed by atoms with E-state index in [0.717, 1.165) is 6.42 Å². The molecule has 1 aliphatic rings. The van der Waals surface area contributed by atoms with E-state index in [1.807, 2.05) is 0 Å². The Bertz CT molecular complexity index is 161. The van der Waals surface area contributed by atoms with Crippen molar-refractivity contribution < 1.29 is 4.79 Å². The minimum absolute atomic E-state index is 0. The van der Waals surface area contributed by atoms with Gasteiger partial charge in [0.2, 0.25) is 5.91 Å². The van der Waals surface area contributed by atoms with Crippen LogP contribution in [-0.4, -0.2) is 18.0 Å². The SMILES string of the molecule is CC(C)C[C@@H]1NC(=O)C[C@H]1N.Cl. The van der Waals surface area contributed by atoms with Gasteiger partial charge in [-0.15, -0.1) is 12.4 Å². The first kappa shape index (κ1) is 11.7. The Hall–Kier alpha value is -0.280. The molecule has 1 saturated heterocycles. The number of rotatable bonds is 2. The van der Waals surface area contributed by atoms with Crippen LogP contribution >= 0.6 is 12.4 Å². The fourth-order valence-corrected chi connectivity index (χ4v) is 1.47. The normalized spacial score (nSPS) is 28.5. The summed E-state index contributed by atoms with van der Waals surface area (Å²) in [5.74, 6) is 0.701. The van der Waals surface area contributed by atoms with E-state index in [1.54, 1.807) is 0 Å². The fourth-order valence-electron chi connectivity index (χ4n) is 1.47. The molecular formula is C8H17ClN2O. The van der Waals surface area contributed by atoms with Gasteiger partial charge in [-0.25, -0.2) is 0 Å². The lowest BCUT2D eigenvalue weighted by atomic mass is 10.00. The molecule has 1 rings (SSSR count). The molecule has 0 spiro atoms. The average Bonchev–Trinajstić information content (AvgIpc) is 2.09. The fraction of sp³-hybridized carbons (Fsp3) is 0.875. The first-order chi connectivity index (χ1) is 5.09. The summed E-state index contributed by atoms with van der Waals surface area (Å²) in [6.45, 7) is 4.27. The summed E-state index contributed by atoms with van der Waals surface area (Å²) in [6.07, 6.45) is 1.49. The van der Waals surface area contributed by atoms with Crippen molar-refractivity contribution in [2.45, 2.75) is 38.8 Å². The van der Waals surface area contributed by atoms with E-state index in [9.17, 15) is 4.79 Å². The van der Waals surface area contributed by atoms with Gasteiger partial charge in [0.15, 0.2) is 0 Å². The summed E-state index contributed by atoms with van der Waals surface area (Å²) in [7, 11) is 0. The van der Waals surface area contributed by atoms with Gasteiger partial charge in [0.25, 0.3) is 0 Å². The van der Waals surface area contributed by atoms with Crippen molar-refractivity contribution in [2.75, 3.05) is 0 Å². The van der Waals surface area contributed by atoms with Crippen molar-refractivity contribution >= 4 is 18.3 Å². The third-order valence-corrected chi connectivity index (χ3v) is 2.01. The second-order valence-corrected chi connectivity index (χ2v) is 3.67. The average molecular weight is 193 g/mol. The van der Waals surface area contributed by atoms with E-state index in [2.05, 4.69) is 19.2 Å². The van der Waals surface area contributed by atoms with E-state index in [1.165, 1.54) is 0 Å². The Labute approximate surface area is 79.5 Å². The number of halogens is 1. The third-order valence-electron chi connectivity index (χ3n) is 2.01. The molecule has 0 aromatic rings. The molecule has 0 unspecified atom stereocenters. The van der Waals surface area contributed by atoms with Gasteiger partial charge in [0.05, 0.1) is 0 Å². The topological polar surface area (TPSA) is 55.1 Å². The molecule has 1 heterocycles. The predicted molar refractivity (Wildman–Crippen MR) is 51.2 cm³/mol. The van der Waals surface area contributed by atoms with Crippen LogP contribution in [0.1, 0.15) is 26.7 Å². The molecule has 1 amide bonds. The van der Waals surface area contributed by atoms with Crippen molar-refractivity contribution in [3.63, 3.8) is 0 Å². The maximum absolute atomic E-state index is 10.9. The van der Waals surface area contributed by atoms with Gasteiger partial charge in [0, 0.05) is 18.5 Å². The third kappa shape index (κ3) is 2.99. The lowest BCUT2D eigenvalue weighted by molar-refractivity contribution is -0.119. The van der Waals surface area contributed by atoms with E-state index < -0.39 is 0 Å². The Morgan fingerprint density at radius 3 is 2.58 bits per heavy atom. The van der Waals surface area contributed by atoms with Crippen LogP contribution in [-0.2, 0) is 4.79 Å². The molecule has 0 saturated carbocycles. The number of hydrogen-bond acceptors (Lipinski definition) is 2. The highest BCUT2D eigenvalue weighted by atomic mass is 35.5. The van der Waals surface area contributed by atoms with Crippen molar-refractivity contribution in [1.82, 2.24) is 5.32 Å². The summed E-state index contributed by atoms with van der Waals surface area (Å²) in [4.78, 5) is 10.9. The summed E-state index contributed by atoms with van der Waals surface area (Å²) < 4.78 is 0. The summed E-state index contributed by atoms with van der Waals surface area (Å²) >= 11 is 0. The highest BCUT2D eigenvalue weighted by Gasteiger charge is 2.29. The quantitative estimate of drug-likeness (QED) is 0.676. The molecule has 0 radical (unpaired) electrons. The van der Waals surface area contributed by atoms with Gasteiger partial charge in [-0.1, -0.05) is 13.8 Å². The minimum atomic E-state index is 0. The lowest BCUT2D eigenvalue weighted by Gasteiger charge is -2.16. The molecule has 72 valence electrons. The number of hydrogen-bond donors (Lipinski definition) is 2. The van der Waals surface area contributed by atoms with Gasteiger partial charge >= 0.3 is 0 Å². The Morgan fingerprint density at radius 2 is 2.25 bits per heavy atom. The van der Waals surface area contributed by atoms with E-state index in [0.29, 0.717) is 12.3 Å². The van der Waals surface area contributed by atoms with Crippen molar-refractivity contribution in [1.29, 1.82) is 0 Å². The predicted octanol–water partition coefficient (Wildman–Crippen LogP) is 0.670. The molecule has 2 atom stereocenters. The van der Waals surface area contributed by atoms with E-state index in [4.69, 9.17) is 5.73 Å². The highest BCUT2D eigenvalue weighted by molar-refractivity contribution is 5.85. The molecule has 0 aliphatic carbocycles. The molecule has 3 nitrogen and oxygen atoms in total. The van der Waals surface area contributed by atoms with Gasteiger partial charge in [-0.3, -0.25) is 4.79 Å². The van der Waals surface area contributed by atoms with Crippen LogP contribution in [0.4, 0.5) is 0 Å². The number of amides is 1. The van der Waals surface area contributed by atoms with Crippen LogP contribution in [0.2, 0.25) is 0 Å². The molecule has 12 heavy (non-hydrogen) atoms. The second-order valence-electron chi connectivity index (χ2n) is 3.67. The van der Waals surface area contributed by atoms with Crippen LogP contribution in [0.5, 0.6) is 0 Å². The molecule has 0 aromatic carbocycles. The summed E-state index contributed by atoms with van der Waals surface area (Å²) in [5.41, 5.74) is 5.73. The zero-order valence-electron chi connectivity index (χ0n) is 7.54. The van der Waals surface area contributed by atoms with Crippen molar-refractivity contribution in [2.24, 2.45) is 11.7 Å². The highest BCUT2D eigenvalue weighted by Crippen LogP contribution is 2.13. The lowest BCUT2D eigenvalue weighted by Crippen LogP contribution is -2.37. The molecule has 0 bridgehead atoms. The van der Waals surface area contributed by atoms with Crippen LogP contribution in [0.25, 0.3) is 0 Å². The van der Waals surface area contributed by atoms with Crippen LogP contribution in [0.15, 0.2) is 0 Å². The van der Waals surface area contributed by atoms with Crippen molar-refractivity contribution in [3.8, 4) is 0 Å². The zero-order chi connectivity index (χ0) is 8.43. The van der Waals surface area contributed by atoms with Gasteiger partial charge < -0.3 is 11.1 Å². The number of nitrogens with two attached hydrogens (primary N) is 1.